The van der Waals surface area contributed by atoms with Crippen LogP contribution in [0.2, 0.25) is 0 Å². The minimum Gasteiger partial charge on any atom is -0.349 e. The van der Waals surface area contributed by atoms with E-state index in [9.17, 15) is 4.79 Å². The van der Waals surface area contributed by atoms with E-state index in [-0.39, 0.29) is 17.2 Å². The van der Waals surface area contributed by atoms with E-state index in [1.165, 1.54) is 16.9 Å². The summed E-state index contributed by atoms with van der Waals surface area (Å²) in [5.41, 5.74) is 2.21. The number of allylic oxidation sites excluding steroid dienone is 1. The summed E-state index contributed by atoms with van der Waals surface area (Å²) in [6, 6.07) is 9.70. The molecule has 0 radical (unpaired) electrons. The molecule has 114 valence electrons. The monoisotopic (exact) mass is 330 g/mol. The molecule has 0 spiro atoms. The van der Waals surface area contributed by atoms with Crippen LogP contribution >= 0.6 is 24.0 Å². The average Bonchev–Trinajstić information content (AvgIpc) is 2.85. The lowest BCUT2D eigenvalue weighted by Gasteiger charge is -2.37. The van der Waals surface area contributed by atoms with Gasteiger partial charge in [-0.15, -0.1) is 11.8 Å². The molecule has 5 heteroatoms. The highest BCUT2D eigenvalue weighted by Gasteiger charge is 2.48. The van der Waals surface area contributed by atoms with Gasteiger partial charge >= 0.3 is 0 Å². The lowest BCUT2D eigenvalue weighted by atomic mass is 9.82. The summed E-state index contributed by atoms with van der Waals surface area (Å²) in [4.78, 5) is 16.2. The zero-order chi connectivity index (χ0) is 15.3. The van der Waals surface area contributed by atoms with Gasteiger partial charge in [0.05, 0.1) is 17.0 Å². The van der Waals surface area contributed by atoms with Crippen LogP contribution in [0, 0.1) is 11.8 Å². The Morgan fingerprint density at radius 1 is 1.32 bits per heavy atom. The number of rotatable bonds is 1. The fourth-order valence-corrected chi connectivity index (χ4v) is 5.49. The van der Waals surface area contributed by atoms with Crippen LogP contribution in [0.3, 0.4) is 0 Å². The first-order valence-electron chi connectivity index (χ1n) is 7.73. The fourth-order valence-electron chi connectivity index (χ4n) is 3.61. The highest BCUT2D eigenvalue weighted by atomic mass is 32.2. The molecule has 1 aliphatic carbocycles. The van der Waals surface area contributed by atoms with Gasteiger partial charge in [-0.25, -0.2) is 0 Å². The van der Waals surface area contributed by atoms with Crippen molar-refractivity contribution in [3.8, 4) is 0 Å². The van der Waals surface area contributed by atoms with Gasteiger partial charge in [0.1, 0.15) is 0 Å². The van der Waals surface area contributed by atoms with Gasteiger partial charge in [-0.05, 0) is 60.0 Å². The minimum atomic E-state index is -0.0605. The second kappa shape index (κ2) is 5.39. The van der Waals surface area contributed by atoms with Crippen molar-refractivity contribution in [2.75, 3.05) is 4.90 Å². The van der Waals surface area contributed by atoms with Crippen LogP contribution in [0.25, 0.3) is 0 Å². The van der Waals surface area contributed by atoms with Gasteiger partial charge in [0.2, 0.25) is 5.91 Å². The van der Waals surface area contributed by atoms with Crippen molar-refractivity contribution >= 4 is 40.7 Å². The van der Waals surface area contributed by atoms with Crippen molar-refractivity contribution in [3.63, 3.8) is 0 Å². The highest BCUT2D eigenvalue weighted by Crippen LogP contribution is 2.51. The number of fused-ring (bicyclic) bond motifs is 2. The predicted octanol–water partition coefficient (Wildman–Crippen LogP) is 3.67. The summed E-state index contributed by atoms with van der Waals surface area (Å²) in [5.74, 6) is 0.742. The van der Waals surface area contributed by atoms with Gasteiger partial charge in [-0.3, -0.25) is 9.69 Å². The van der Waals surface area contributed by atoms with E-state index < -0.39 is 0 Å². The standard InChI is InChI=1S/C17H18N2OS2/c1-10-7-8-13-12(9-10)14-15(22-13)18-17(21)19(16(14)20)11-5-3-2-4-6-11/h2-6,10,14-15H,7-9H2,1H3,(H,18,21). The normalized spacial score (nSPS) is 31.0. The summed E-state index contributed by atoms with van der Waals surface area (Å²) >= 11 is 7.28. The molecule has 0 bridgehead atoms. The molecular formula is C17H18N2OS2. The number of thioether (sulfide) groups is 1. The number of hydrogen-bond donors (Lipinski definition) is 1. The number of nitrogens with zero attached hydrogens (tertiary/aromatic N) is 1. The molecule has 3 unspecified atom stereocenters. The van der Waals surface area contributed by atoms with Gasteiger partial charge in [0, 0.05) is 0 Å². The predicted molar refractivity (Wildman–Crippen MR) is 94.6 cm³/mol. The van der Waals surface area contributed by atoms with E-state index in [2.05, 4.69) is 12.2 Å². The molecule has 1 aromatic carbocycles. The molecule has 1 fully saturated rings. The third kappa shape index (κ3) is 2.18. The molecule has 3 nitrogen and oxygen atoms in total. The maximum atomic E-state index is 13.1. The van der Waals surface area contributed by atoms with Crippen LogP contribution in [-0.2, 0) is 4.79 Å². The van der Waals surface area contributed by atoms with Crippen LogP contribution in [0.4, 0.5) is 5.69 Å². The second-order valence-electron chi connectivity index (χ2n) is 6.27. The highest BCUT2D eigenvalue weighted by molar-refractivity contribution is 8.04. The quantitative estimate of drug-likeness (QED) is 0.796. The van der Waals surface area contributed by atoms with Crippen LogP contribution < -0.4 is 10.2 Å². The molecular weight excluding hydrogens is 312 g/mol. The Morgan fingerprint density at radius 3 is 2.86 bits per heavy atom. The van der Waals surface area contributed by atoms with E-state index in [4.69, 9.17) is 12.2 Å². The molecule has 0 aromatic heterocycles. The van der Waals surface area contributed by atoms with Crippen molar-refractivity contribution < 1.29 is 4.79 Å². The first-order chi connectivity index (χ1) is 10.6. The number of nitrogens with one attached hydrogen (secondary N) is 1. The Kier molecular flexibility index (Phi) is 3.50. The van der Waals surface area contributed by atoms with Gasteiger partial charge in [0.25, 0.3) is 0 Å². The molecule has 1 amide bonds. The molecule has 2 heterocycles. The molecule has 0 saturated carbocycles. The third-order valence-corrected chi connectivity index (χ3v) is 6.40. The van der Waals surface area contributed by atoms with Gasteiger partial charge in [-0.2, -0.15) is 0 Å². The first kappa shape index (κ1) is 14.3. The zero-order valence-electron chi connectivity index (χ0n) is 12.4. The number of benzene rings is 1. The smallest absolute Gasteiger partial charge is 0.243 e. The maximum Gasteiger partial charge on any atom is 0.243 e. The first-order valence-corrected chi connectivity index (χ1v) is 9.02. The van der Waals surface area contributed by atoms with Crippen LogP contribution in [0.5, 0.6) is 0 Å². The number of para-hydroxylation sites is 1. The van der Waals surface area contributed by atoms with Crippen LogP contribution in [0.1, 0.15) is 26.2 Å². The number of carbonyl (C=O) groups is 1. The second-order valence-corrected chi connectivity index (χ2v) is 7.89. The Bertz CT molecular complexity index is 670. The number of carbonyl (C=O) groups excluding carboxylic acids is 1. The largest absolute Gasteiger partial charge is 0.349 e. The molecule has 1 saturated heterocycles. The number of amides is 1. The number of hydrogen-bond acceptors (Lipinski definition) is 3. The lowest BCUT2D eigenvalue weighted by Crippen LogP contribution is -2.58. The summed E-state index contributed by atoms with van der Waals surface area (Å²) in [6.07, 6.45) is 3.39. The number of thiocarbonyl (C=S) groups is 1. The summed E-state index contributed by atoms with van der Waals surface area (Å²) < 4.78 is 0. The van der Waals surface area contributed by atoms with Crippen LogP contribution in [0.15, 0.2) is 40.8 Å². The molecule has 1 N–H and O–H groups in total. The van der Waals surface area contributed by atoms with Crippen LogP contribution in [-0.4, -0.2) is 16.4 Å². The minimum absolute atomic E-state index is 0.0605. The Balaban J connectivity index is 1.70. The Labute approximate surface area is 140 Å². The summed E-state index contributed by atoms with van der Waals surface area (Å²) in [6.45, 7) is 2.28. The maximum absolute atomic E-state index is 13.1. The number of anilines is 1. The van der Waals surface area contributed by atoms with Crippen molar-refractivity contribution in [1.29, 1.82) is 0 Å². The van der Waals surface area contributed by atoms with Gasteiger partial charge < -0.3 is 5.32 Å². The van der Waals surface area contributed by atoms with Crippen molar-refractivity contribution in [2.45, 2.75) is 31.6 Å². The van der Waals surface area contributed by atoms with E-state index in [0.717, 1.165) is 18.5 Å². The van der Waals surface area contributed by atoms with Gasteiger partial charge in [-0.1, -0.05) is 25.1 Å². The molecule has 22 heavy (non-hydrogen) atoms. The topological polar surface area (TPSA) is 32.3 Å². The van der Waals surface area contributed by atoms with E-state index in [1.807, 2.05) is 42.1 Å². The zero-order valence-corrected chi connectivity index (χ0v) is 14.0. The van der Waals surface area contributed by atoms with E-state index in [1.54, 1.807) is 4.90 Å². The lowest BCUT2D eigenvalue weighted by molar-refractivity contribution is -0.121. The SMILES string of the molecule is CC1CCC2=C(C1)C1C(=O)N(c3ccccc3)C(=S)NC1S2. The molecule has 2 aliphatic heterocycles. The Morgan fingerprint density at radius 2 is 2.09 bits per heavy atom. The Hall–Kier alpha value is -1.33. The third-order valence-electron chi connectivity index (χ3n) is 4.71. The van der Waals surface area contributed by atoms with Crippen molar-refractivity contribution in [1.82, 2.24) is 5.32 Å². The molecule has 4 rings (SSSR count). The molecule has 1 aromatic rings. The average molecular weight is 330 g/mol. The summed E-state index contributed by atoms with van der Waals surface area (Å²) in [7, 11) is 0. The molecule has 3 atom stereocenters. The van der Waals surface area contributed by atoms with Crippen molar-refractivity contribution in [2.24, 2.45) is 11.8 Å². The fraction of sp³-hybridized carbons (Fsp3) is 0.412. The molecule has 3 aliphatic rings. The van der Waals surface area contributed by atoms with E-state index in [0.29, 0.717) is 11.0 Å². The summed E-state index contributed by atoms with van der Waals surface area (Å²) in [5, 5.41) is 4.00. The van der Waals surface area contributed by atoms with Crippen molar-refractivity contribution in [3.05, 3.63) is 40.8 Å². The van der Waals surface area contributed by atoms with E-state index >= 15 is 0 Å². The van der Waals surface area contributed by atoms with Gasteiger partial charge in [0.15, 0.2) is 5.11 Å².